The summed E-state index contributed by atoms with van der Waals surface area (Å²) in [6.45, 7) is 1.76. The summed E-state index contributed by atoms with van der Waals surface area (Å²) in [7, 11) is 1.72. The van der Waals surface area contributed by atoms with Crippen LogP contribution in [0.4, 0.5) is 13.2 Å². The SMILES string of the molecule is CN=C(NCCc1ccco1)NCCC1CCN(CC(F)(F)F)CC1. The molecule has 142 valence electrons. The maximum atomic E-state index is 12.4. The number of rotatable bonds is 7. The number of alkyl halides is 3. The molecular formula is C17H27F3N4O. The monoisotopic (exact) mass is 360 g/mol. The standard InChI is InChI=1S/C17H27F3N4O/c1-21-16(23-9-5-15-3-2-12-25-15)22-8-4-14-6-10-24(11-7-14)13-17(18,19)20/h2-3,12,14H,4-11,13H2,1H3,(H2,21,22,23). The molecule has 2 heterocycles. The zero-order valence-corrected chi connectivity index (χ0v) is 14.6. The number of guanidine groups is 1. The van der Waals surface area contributed by atoms with Crippen LogP contribution in [0.1, 0.15) is 25.0 Å². The largest absolute Gasteiger partial charge is 0.469 e. The molecule has 0 spiro atoms. The number of nitrogens with zero attached hydrogens (tertiary/aromatic N) is 2. The zero-order valence-electron chi connectivity index (χ0n) is 14.6. The van der Waals surface area contributed by atoms with Gasteiger partial charge in [0, 0.05) is 26.6 Å². The highest BCUT2D eigenvalue weighted by Crippen LogP contribution is 2.23. The third-order valence-corrected chi connectivity index (χ3v) is 4.42. The fourth-order valence-electron chi connectivity index (χ4n) is 3.06. The number of nitrogens with one attached hydrogen (secondary N) is 2. The van der Waals surface area contributed by atoms with Crippen molar-refractivity contribution in [3.8, 4) is 0 Å². The van der Waals surface area contributed by atoms with Crippen LogP contribution < -0.4 is 10.6 Å². The highest BCUT2D eigenvalue weighted by molar-refractivity contribution is 5.79. The van der Waals surface area contributed by atoms with Gasteiger partial charge in [-0.1, -0.05) is 0 Å². The Kier molecular flexibility index (Phi) is 7.61. The Morgan fingerprint density at radius 1 is 1.28 bits per heavy atom. The van der Waals surface area contributed by atoms with Gasteiger partial charge in [0.1, 0.15) is 5.76 Å². The van der Waals surface area contributed by atoms with Crippen molar-refractivity contribution in [2.75, 3.05) is 39.8 Å². The summed E-state index contributed by atoms with van der Waals surface area (Å²) in [4.78, 5) is 5.67. The molecular weight excluding hydrogens is 333 g/mol. The lowest BCUT2D eigenvalue weighted by atomic mass is 9.93. The Hall–Kier alpha value is -1.70. The van der Waals surface area contributed by atoms with E-state index in [1.807, 2.05) is 12.1 Å². The Bertz CT molecular complexity index is 508. The molecule has 0 atom stereocenters. The summed E-state index contributed by atoms with van der Waals surface area (Å²) >= 11 is 0. The summed E-state index contributed by atoms with van der Waals surface area (Å²) in [6, 6.07) is 3.80. The first-order chi connectivity index (χ1) is 12.0. The summed E-state index contributed by atoms with van der Waals surface area (Å²) in [5.74, 6) is 2.13. The van der Waals surface area contributed by atoms with Crippen LogP contribution in [0.3, 0.4) is 0 Å². The maximum absolute atomic E-state index is 12.4. The first-order valence-corrected chi connectivity index (χ1v) is 8.72. The van der Waals surface area contributed by atoms with Gasteiger partial charge in [-0.3, -0.25) is 9.89 Å². The van der Waals surface area contributed by atoms with Crippen LogP contribution in [0.15, 0.2) is 27.8 Å². The smallest absolute Gasteiger partial charge is 0.401 e. The number of piperidine rings is 1. The van der Waals surface area contributed by atoms with E-state index < -0.39 is 12.7 Å². The number of likely N-dealkylation sites (tertiary alicyclic amines) is 1. The lowest BCUT2D eigenvalue weighted by molar-refractivity contribution is -0.148. The van der Waals surface area contributed by atoms with E-state index in [9.17, 15) is 13.2 Å². The highest BCUT2D eigenvalue weighted by atomic mass is 19.4. The van der Waals surface area contributed by atoms with Crippen molar-refractivity contribution in [3.63, 3.8) is 0 Å². The molecule has 2 N–H and O–H groups in total. The molecule has 2 rings (SSSR count). The molecule has 0 amide bonds. The average Bonchev–Trinajstić information content (AvgIpc) is 3.07. The lowest BCUT2D eigenvalue weighted by Gasteiger charge is -2.32. The van der Waals surface area contributed by atoms with Crippen LogP contribution in [0.25, 0.3) is 0 Å². The van der Waals surface area contributed by atoms with Gasteiger partial charge >= 0.3 is 6.18 Å². The molecule has 1 fully saturated rings. The molecule has 1 aromatic rings. The van der Waals surface area contributed by atoms with Crippen molar-refractivity contribution in [2.45, 2.75) is 31.9 Å². The van der Waals surface area contributed by atoms with Gasteiger partial charge in [0.05, 0.1) is 12.8 Å². The zero-order chi connectivity index (χ0) is 18.1. The molecule has 0 saturated carbocycles. The third-order valence-electron chi connectivity index (χ3n) is 4.42. The molecule has 5 nitrogen and oxygen atoms in total. The predicted octanol–water partition coefficient (Wildman–Crippen LogP) is 2.65. The second-order valence-electron chi connectivity index (χ2n) is 6.38. The van der Waals surface area contributed by atoms with Crippen LogP contribution in [0.5, 0.6) is 0 Å². The molecule has 0 aromatic carbocycles. The minimum absolute atomic E-state index is 0.471. The molecule has 8 heteroatoms. The van der Waals surface area contributed by atoms with Crippen LogP contribution >= 0.6 is 0 Å². The van der Waals surface area contributed by atoms with Gasteiger partial charge in [-0.2, -0.15) is 13.2 Å². The van der Waals surface area contributed by atoms with Gasteiger partial charge in [-0.25, -0.2) is 0 Å². The molecule has 0 radical (unpaired) electrons. The summed E-state index contributed by atoms with van der Waals surface area (Å²) < 4.78 is 42.4. The van der Waals surface area contributed by atoms with Crippen LogP contribution in [0.2, 0.25) is 0 Å². The Labute approximate surface area is 146 Å². The van der Waals surface area contributed by atoms with Crippen molar-refractivity contribution in [2.24, 2.45) is 10.9 Å². The minimum Gasteiger partial charge on any atom is -0.469 e. The molecule has 0 unspecified atom stereocenters. The van der Waals surface area contributed by atoms with Crippen molar-refractivity contribution >= 4 is 5.96 Å². The molecule has 0 bridgehead atoms. The molecule has 1 aliphatic rings. The number of aliphatic imine (C=N–C) groups is 1. The number of hydrogen-bond donors (Lipinski definition) is 2. The fourth-order valence-corrected chi connectivity index (χ4v) is 3.06. The average molecular weight is 360 g/mol. The summed E-state index contributed by atoms with van der Waals surface area (Å²) in [6.07, 6.45) is 0.930. The summed E-state index contributed by atoms with van der Waals surface area (Å²) in [5.41, 5.74) is 0. The highest BCUT2D eigenvalue weighted by Gasteiger charge is 2.32. The first kappa shape index (κ1) is 19.6. The van der Waals surface area contributed by atoms with Crippen LogP contribution in [-0.4, -0.2) is 56.8 Å². The number of furan rings is 1. The Balaban J connectivity index is 1.57. The second kappa shape index (κ2) is 9.70. The first-order valence-electron chi connectivity index (χ1n) is 8.72. The molecule has 1 saturated heterocycles. The summed E-state index contributed by atoms with van der Waals surface area (Å²) in [5, 5.41) is 6.48. The predicted molar refractivity (Wildman–Crippen MR) is 91.6 cm³/mol. The molecule has 1 aliphatic heterocycles. The third kappa shape index (κ3) is 7.81. The van der Waals surface area contributed by atoms with E-state index in [-0.39, 0.29) is 0 Å². The topological polar surface area (TPSA) is 52.8 Å². The van der Waals surface area contributed by atoms with Crippen molar-refractivity contribution in [3.05, 3.63) is 24.2 Å². The number of halogens is 3. The van der Waals surface area contributed by atoms with E-state index in [1.165, 1.54) is 4.90 Å². The molecule has 25 heavy (non-hydrogen) atoms. The van der Waals surface area contributed by atoms with Crippen LogP contribution in [-0.2, 0) is 6.42 Å². The van der Waals surface area contributed by atoms with Gasteiger partial charge in [0.25, 0.3) is 0 Å². The van der Waals surface area contributed by atoms with Gasteiger partial charge in [-0.15, -0.1) is 0 Å². The Morgan fingerprint density at radius 3 is 2.60 bits per heavy atom. The van der Waals surface area contributed by atoms with Gasteiger partial charge in [0.2, 0.25) is 0 Å². The Morgan fingerprint density at radius 2 is 2.00 bits per heavy atom. The van der Waals surface area contributed by atoms with Gasteiger partial charge < -0.3 is 15.1 Å². The van der Waals surface area contributed by atoms with Crippen molar-refractivity contribution in [1.82, 2.24) is 15.5 Å². The number of hydrogen-bond acceptors (Lipinski definition) is 3. The minimum atomic E-state index is -4.10. The molecule has 0 aliphatic carbocycles. The normalized spacial score (nSPS) is 17.7. The van der Waals surface area contributed by atoms with E-state index in [4.69, 9.17) is 4.42 Å². The van der Waals surface area contributed by atoms with E-state index >= 15 is 0 Å². The van der Waals surface area contributed by atoms with E-state index in [2.05, 4.69) is 15.6 Å². The van der Waals surface area contributed by atoms with Gasteiger partial charge in [0.15, 0.2) is 5.96 Å². The van der Waals surface area contributed by atoms with Crippen molar-refractivity contribution in [1.29, 1.82) is 0 Å². The van der Waals surface area contributed by atoms with E-state index in [0.29, 0.717) is 19.0 Å². The van der Waals surface area contributed by atoms with Crippen LogP contribution in [0, 0.1) is 5.92 Å². The molecule has 1 aromatic heterocycles. The second-order valence-corrected chi connectivity index (χ2v) is 6.38. The quantitative estimate of drug-likeness (QED) is 0.580. The van der Waals surface area contributed by atoms with Crippen molar-refractivity contribution < 1.29 is 17.6 Å². The fraction of sp³-hybridized carbons (Fsp3) is 0.706. The van der Waals surface area contributed by atoms with E-state index in [0.717, 1.165) is 50.5 Å². The van der Waals surface area contributed by atoms with E-state index in [1.54, 1.807) is 13.3 Å². The maximum Gasteiger partial charge on any atom is 0.401 e. The van der Waals surface area contributed by atoms with Gasteiger partial charge in [-0.05, 0) is 50.4 Å². The lowest BCUT2D eigenvalue weighted by Crippen LogP contribution is -2.42.